The average molecular weight is 540 g/mol. The smallest absolute Gasteiger partial charge is 0.251 e. The standard InChI is InChI=1S/C23H32N4O3.HI/c1-5-25-23(26-14-17-6-8-19(9-7-17)22(29)24-4)27-15-21(28)18-10-12-20(13-11-18)30-16(2)3;/h6-13,16,21,28H,5,14-15H2,1-4H3,(H,24,29)(H2,25,26,27);1H. The first kappa shape index (κ1) is 26.7. The zero-order chi connectivity index (χ0) is 21.9. The Balaban J connectivity index is 0.00000480. The fourth-order valence-corrected chi connectivity index (χ4v) is 2.77. The van der Waals surface area contributed by atoms with Crippen LogP contribution in [0.3, 0.4) is 0 Å². The maximum absolute atomic E-state index is 11.6. The lowest BCUT2D eigenvalue weighted by molar-refractivity contribution is 0.0963. The second-order valence-corrected chi connectivity index (χ2v) is 7.10. The third-order valence-corrected chi connectivity index (χ3v) is 4.31. The maximum atomic E-state index is 11.6. The second kappa shape index (κ2) is 13.9. The van der Waals surface area contributed by atoms with Crippen molar-refractivity contribution in [1.29, 1.82) is 0 Å². The van der Waals surface area contributed by atoms with Crippen LogP contribution in [0, 0.1) is 0 Å². The van der Waals surface area contributed by atoms with E-state index in [1.54, 1.807) is 19.2 Å². The van der Waals surface area contributed by atoms with E-state index in [4.69, 9.17) is 4.74 Å². The van der Waals surface area contributed by atoms with Gasteiger partial charge in [-0.25, -0.2) is 4.99 Å². The van der Waals surface area contributed by atoms with Gasteiger partial charge >= 0.3 is 0 Å². The number of rotatable bonds is 9. The third kappa shape index (κ3) is 9.14. The van der Waals surface area contributed by atoms with Crippen molar-refractivity contribution in [3.05, 3.63) is 65.2 Å². The summed E-state index contributed by atoms with van der Waals surface area (Å²) >= 11 is 0. The number of benzene rings is 2. The highest BCUT2D eigenvalue weighted by atomic mass is 127. The van der Waals surface area contributed by atoms with Crippen LogP contribution in [-0.2, 0) is 6.54 Å². The Morgan fingerprint density at radius 1 is 1.06 bits per heavy atom. The molecule has 0 radical (unpaired) electrons. The summed E-state index contributed by atoms with van der Waals surface area (Å²) in [5, 5.41) is 19.4. The van der Waals surface area contributed by atoms with Gasteiger partial charge < -0.3 is 25.8 Å². The molecular weight excluding hydrogens is 507 g/mol. The summed E-state index contributed by atoms with van der Waals surface area (Å²) in [6, 6.07) is 14.8. The molecular formula is C23H33IN4O3. The lowest BCUT2D eigenvalue weighted by Crippen LogP contribution is -2.39. The van der Waals surface area contributed by atoms with Gasteiger partial charge in [0.15, 0.2) is 5.96 Å². The SMILES string of the molecule is CCNC(=NCc1ccc(C(=O)NC)cc1)NCC(O)c1ccc(OC(C)C)cc1.I. The van der Waals surface area contributed by atoms with Crippen molar-refractivity contribution in [1.82, 2.24) is 16.0 Å². The number of nitrogens with zero attached hydrogens (tertiary/aromatic N) is 1. The number of hydrogen-bond acceptors (Lipinski definition) is 4. The molecule has 1 unspecified atom stereocenters. The van der Waals surface area contributed by atoms with Gasteiger partial charge in [-0.15, -0.1) is 24.0 Å². The quantitative estimate of drug-likeness (QED) is 0.223. The number of amides is 1. The first-order valence-electron chi connectivity index (χ1n) is 10.2. The molecule has 7 nitrogen and oxygen atoms in total. The number of halogens is 1. The minimum atomic E-state index is -0.672. The number of carbonyl (C=O) groups is 1. The molecule has 2 aromatic rings. The maximum Gasteiger partial charge on any atom is 0.251 e. The van der Waals surface area contributed by atoms with Crippen molar-refractivity contribution in [3.8, 4) is 5.75 Å². The van der Waals surface area contributed by atoms with Crippen LogP contribution in [0.2, 0.25) is 0 Å². The topological polar surface area (TPSA) is 95.0 Å². The molecule has 1 amide bonds. The third-order valence-electron chi connectivity index (χ3n) is 4.31. The summed E-state index contributed by atoms with van der Waals surface area (Å²) in [6.07, 6.45) is -0.560. The number of nitrogens with one attached hydrogen (secondary N) is 3. The number of carbonyl (C=O) groups excluding carboxylic acids is 1. The molecule has 0 aliphatic heterocycles. The number of aliphatic imine (C=N–C) groups is 1. The van der Waals surface area contributed by atoms with Gasteiger partial charge in [-0.3, -0.25) is 4.79 Å². The predicted octanol–water partition coefficient (Wildman–Crippen LogP) is 3.24. The highest BCUT2D eigenvalue weighted by Gasteiger charge is 2.09. The summed E-state index contributed by atoms with van der Waals surface area (Å²) in [7, 11) is 1.61. The zero-order valence-corrected chi connectivity index (χ0v) is 20.8. The Hall–Kier alpha value is -2.33. The molecule has 0 spiro atoms. The molecule has 170 valence electrons. The molecule has 8 heteroatoms. The zero-order valence-electron chi connectivity index (χ0n) is 18.5. The summed E-state index contributed by atoms with van der Waals surface area (Å²) in [5.41, 5.74) is 2.41. The molecule has 0 bridgehead atoms. The molecule has 0 saturated carbocycles. The minimum absolute atomic E-state index is 0. The number of aliphatic hydroxyl groups is 1. The fraction of sp³-hybridized carbons (Fsp3) is 0.391. The normalized spacial score (nSPS) is 12.0. The van der Waals surface area contributed by atoms with E-state index in [0.717, 1.165) is 16.9 Å². The van der Waals surface area contributed by atoms with Gasteiger partial charge in [0.2, 0.25) is 0 Å². The predicted molar refractivity (Wildman–Crippen MR) is 135 cm³/mol. The van der Waals surface area contributed by atoms with Crippen molar-refractivity contribution < 1.29 is 14.6 Å². The summed E-state index contributed by atoms with van der Waals surface area (Å²) in [4.78, 5) is 16.2. The van der Waals surface area contributed by atoms with Crippen LogP contribution in [0.1, 0.15) is 48.4 Å². The van der Waals surface area contributed by atoms with Gasteiger partial charge in [-0.2, -0.15) is 0 Å². The van der Waals surface area contributed by atoms with Gasteiger partial charge in [0.25, 0.3) is 5.91 Å². The van der Waals surface area contributed by atoms with Crippen molar-refractivity contribution >= 4 is 35.8 Å². The van der Waals surface area contributed by atoms with E-state index in [0.29, 0.717) is 31.2 Å². The van der Waals surface area contributed by atoms with Crippen LogP contribution in [0.15, 0.2) is 53.5 Å². The Morgan fingerprint density at radius 2 is 1.71 bits per heavy atom. The Labute approximate surface area is 201 Å². The minimum Gasteiger partial charge on any atom is -0.491 e. The van der Waals surface area contributed by atoms with E-state index in [1.165, 1.54) is 0 Å². The number of ether oxygens (including phenoxy) is 1. The van der Waals surface area contributed by atoms with Crippen LogP contribution in [0.25, 0.3) is 0 Å². The van der Waals surface area contributed by atoms with Crippen LogP contribution in [-0.4, -0.2) is 43.2 Å². The number of aliphatic hydroxyl groups excluding tert-OH is 1. The molecule has 0 aliphatic carbocycles. The molecule has 2 rings (SSSR count). The molecule has 31 heavy (non-hydrogen) atoms. The lowest BCUT2D eigenvalue weighted by atomic mass is 10.1. The van der Waals surface area contributed by atoms with Gasteiger partial charge in [0.1, 0.15) is 5.75 Å². The van der Waals surface area contributed by atoms with Crippen LogP contribution < -0.4 is 20.7 Å². The van der Waals surface area contributed by atoms with E-state index >= 15 is 0 Å². The van der Waals surface area contributed by atoms with Crippen molar-refractivity contribution in [2.45, 2.75) is 39.5 Å². The Kier molecular flexibility index (Phi) is 11.9. The van der Waals surface area contributed by atoms with Gasteiger partial charge in [0.05, 0.1) is 18.8 Å². The van der Waals surface area contributed by atoms with Crippen LogP contribution in [0.4, 0.5) is 0 Å². The molecule has 0 aliphatic rings. The van der Waals surface area contributed by atoms with E-state index in [-0.39, 0.29) is 36.0 Å². The molecule has 0 heterocycles. The van der Waals surface area contributed by atoms with Gasteiger partial charge in [-0.05, 0) is 56.2 Å². The second-order valence-electron chi connectivity index (χ2n) is 7.10. The molecule has 0 aromatic heterocycles. The van der Waals surface area contributed by atoms with Gasteiger partial charge in [0, 0.05) is 25.7 Å². The molecule has 0 fully saturated rings. The van der Waals surface area contributed by atoms with Crippen molar-refractivity contribution in [2.24, 2.45) is 4.99 Å². The first-order chi connectivity index (χ1) is 14.4. The molecule has 4 N–H and O–H groups in total. The Morgan fingerprint density at radius 3 is 2.26 bits per heavy atom. The molecule has 1 atom stereocenters. The monoisotopic (exact) mass is 540 g/mol. The average Bonchev–Trinajstić information content (AvgIpc) is 2.75. The first-order valence-corrected chi connectivity index (χ1v) is 10.2. The van der Waals surface area contributed by atoms with E-state index < -0.39 is 6.10 Å². The summed E-state index contributed by atoms with van der Waals surface area (Å²) < 4.78 is 5.63. The van der Waals surface area contributed by atoms with Crippen molar-refractivity contribution in [3.63, 3.8) is 0 Å². The van der Waals surface area contributed by atoms with Crippen LogP contribution >= 0.6 is 24.0 Å². The highest BCUT2D eigenvalue weighted by Crippen LogP contribution is 2.18. The van der Waals surface area contributed by atoms with E-state index in [1.807, 2.05) is 57.2 Å². The van der Waals surface area contributed by atoms with Crippen LogP contribution in [0.5, 0.6) is 5.75 Å². The number of guanidine groups is 1. The highest BCUT2D eigenvalue weighted by molar-refractivity contribution is 14.0. The molecule has 0 saturated heterocycles. The molecule has 2 aromatic carbocycles. The Bertz CT molecular complexity index is 824. The van der Waals surface area contributed by atoms with E-state index in [2.05, 4.69) is 20.9 Å². The lowest BCUT2D eigenvalue weighted by Gasteiger charge is -2.16. The van der Waals surface area contributed by atoms with Crippen molar-refractivity contribution in [2.75, 3.05) is 20.1 Å². The number of hydrogen-bond donors (Lipinski definition) is 4. The summed E-state index contributed by atoms with van der Waals surface area (Å²) in [5.74, 6) is 1.29. The summed E-state index contributed by atoms with van der Waals surface area (Å²) in [6.45, 7) is 7.43. The van der Waals surface area contributed by atoms with Gasteiger partial charge in [-0.1, -0.05) is 24.3 Å². The largest absolute Gasteiger partial charge is 0.491 e. The fourth-order valence-electron chi connectivity index (χ4n) is 2.77. The van der Waals surface area contributed by atoms with E-state index in [9.17, 15) is 9.90 Å².